The zero-order valence-electron chi connectivity index (χ0n) is 28.8. The monoisotopic (exact) mass is 628 g/mol. The highest BCUT2D eigenvalue weighted by Crippen LogP contribution is 2.43. The highest BCUT2D eigenvalue weighted by Gasteiger charge is 2.47. The number of ether oxygens (including phenoxy) is 1. The van der Waals surface area contributed by atoms with E-state index in [4.69, 9.17) is 14.3 Å². The summed E-state index contributed by atoms with van der Waals surface area (Å²) in [4.78, 5) is 12.4. The van der Waals surface area contributed by atoms with Crippen LogP contribution in [0.25, 0.3) is 11.1 Å². The molecule has 0 fully saturated rings. The van der Waals surface area contributed by atoms with Crippen LogP contribution in [0.4, 0.5) is 0 Å². The Labute approximate surface area is 274 Å². The third kappa shape index (κ3) is 9.92. The van der Waals surface area contributed by atoms with Crippen molar-refractivity contribution in [3.05, 3.63) is 95.6 Å². The van der Waals surface area contributed by atoms with E-state index < -0.39 is 8.32 Å². The lowest BCUT2D eigenvalue weighted by Crippen LogP contribution is -2.50. The number of aliphatic hydroxyl groups is 1. The third-order valence-electron chi connectivity index (χ3n) is 9.08. The van der Waals surface area contributed by atoms with Gasteiger partial charge < -0.3 is 14.3 Å². The van der Waals surface area contributed by atoms with Gasteiger partial charge in [0.25, 0.3) is 8.32 Å². The molecule has 0 aliphatic carbocycles. The number of benzene rings is 3. The van der Waals surface area contributed by atoms with Gasteiger partial charge in [-0.3, -0.25) is 4.79 Å². The predicted molar refractivity (Wildman–Crippen MR) is 192 cm³/mol. The molecule has 244 valence electrons. The van der Waals surface area contributed by atoms with Crippen molar-refractivity contribution in [1.82, 2.24) is 0 Å². The molecule has 1 N–H and O–H groups in total. The van der Waals surface area contributed by atoms with E-state index in [0.717, 1.165) is 55.4 Å². The fraction of sp³-hybridized carbons (Fsp3) is 0.475. The lowest BCUT2D eigenvalue weighted by molar-refractivity contribution is -0.121. The fourth-order valence-electron chi connectivity index (χ4n) is 6.85. The van der Waals surface area contributed by atoms with E-state index in [1.54, 1.807) is 0 Å². The Morgan fingerprint density at radius 3 is 1.69 bits per heavy atom. The second kappa shape index (κ2) is 18.1. The van der Waals surface area contributed by atoms with E-state index in [0.29, 0.717) is 28.8 Å². The molecular weight excluding hydrogens is 573 g/mol. The summed E-state index contributed by atoms with van der Waals surface area (Å²) in [5, 5.41) is 8.90. The van der Waals surface area contributed by atoms with Gasteiger partial charge >= 0.3 is 0 Å². The number of hydrogen-bond acceptors (Lipinski definition) is 4. The molecular formula is C40H56O4Si. The Balaban J connectivity index is 1.85. The first-order valence-corrected chi connectivity index (χ1v) is 19.2. The molecule has 0 saturated heterocycles. The molecule has 0 aromatic heterocycles. The van der Waals surface area contributed by atoms with Crippen LogP contribution in [0.3, 0.4) is 0 Å². The molecule has 45 heavy (non-hydrogen) atoms. The van der Waals surface area contributed by atoms with Gasteiger partial charge in [0.05, 0.1) is 0 Å². The maximum absolute atomic E-state index is 12.4. The molecule has 4 nitrogen and oxygen atoms in total. The van der Waals surface area contributed by atoms with Crippen LogP contribution in [0.15, 0.2) is 78.9 Å². The standard InChI is InChI=1S/C40H56O4Si/c1-8-39(33-17-13-12-14-18-33)40(35-22-26-38(27-23-35)44-45(30(2)3,31(4)5)32(6)7)34-20-24-37(25-21-34)43-29-36(42)19-15-10-9-11-16-28-41/h12-14,17-18,20-27,30-32,41H,8-11,15-16,19,28-29H2,1-7H3/b40-39+. The molecule has 3 rings (SSSR count). The summed E-state index contributed by atoms with van der Waals surface area (Å²) in [5.74, 6) is 1.78. The van der Waals surface area contributed by atoms with Gasteiger partial charge in [-0.05, 0) is 88.0 Å². The Morgan fingerprint density at radius 1 is 0.667 bits per heavy atom. The van der Waals surface area contributed by atoms with E-state index in [-0.39, 0.29) is 19.0 Å². The lowest BCUT2D eigenvalue weighted by Gasteiger charge is -2.42. The van der Waals surface area contributed by atoms with E-state index in [9.17, 15) is 4.79 Å². The number of aliphatic hydroxyl groups excluding tert-OH is 1. The largest absolute Gasteiger partial charge is 0.543 e. The van der Waals surface area contributed by atoms with E-state index in [2.05, 4.69) is 115 Å². The van der Waals surface area contributed by atoms with Crippen LogP contribution in [0.1, 0.15) is 110 Å². The topological polar surface area (TPSA) is 55.8 Å². The molecule has 0 amide bonds. The van der Waals surface area contributed by atoms with Crippen LogP contribution in [0, 0.1) is 0 Å². The number of Topliss-reactive ketones (excluding diaryl/α,β-unsaturated/α-hetero) is 1. The summed E-state index contributed by atoms with van der Waals surface area (Å²) in [5.41, 5.74) is 7.48. The molecule has 0 aliphatic rings. The van der Waals surface area contributed by atoms with Crippen molar-refractivity contribution < 1.29 is 19.1 Å². The van der Waals surface area contributed by atoms with Crippen LogP contribution in [-0.2, 0) is 4.79 Å². The maximum atomic E-state index is 12.4. The minimum atomic E-state index is -2.05. The molecule has 0 atom stereocenters. The van der Waals surface area contributed by atoms with Crippen molar-refractivity contribution in [3.8, 4) is 11.5 Å². The zero-order valence-corrected chi connectivity index (χ0v) is 29.8. The molecule has 3 aromatic rings. The van der Waals surface area contributed by atoms with Gasteiger partial charge in [0.2, 0.25) is 0 Å². The quantitative estimate of drug-likeness (QED) is 0.0815. The number of allylic oxidation sites excluding steroid dienone is 1. The number of unbranched alkanes of at least 4 members (excludes halogenated alkanes) is 4. The second-order valence-electron chi connectivity index (χ2n) is 13.1. The number of ketones is 1. The Hall–Kier alpha value is -3.15. The van der Waals surface area contributed by atoms with Crippen molar-refractivity contribution >= 4 is 25.2 Å². The molecule has 3 aromatic carbocycles. The molecule has 0 saturated carbocycles. The van der Waals surface area contributed by atoms with Crippen molar-refractivity contribution in [2.24, 2.45) is 0 Å². The summed E-state index contributed by atoms with van der Waals surface area (Å²) in [6, 6.07) is 27.5. The average Bonchev–Trinajstić information content (AvgIpc) is 3.03. The number of carbonyl (C=O) groups excluding carboxylic acids is 1. The number of carbonyl (C=O) groups is 1. The summed E-state index contributed by atoms with van der Waals surface area (Å²) >= 11 is 0. The number of rotatable bonds is 19. The van der Waals surface area contributed by atoms with Crippen molar-refractivity contribution in [1.29, 1.82) is 0 Å². The normalized spacial score (nSPS) is 12.5. The van der Waals surface area contributed by atoms with Crippen molar-refractivity contribution in [2.75, 3.05) is 13.2 Å². The Morgan fingerprint density at radius 2 is 1.18 bits per heavy atom. The minimum absolute atomic E-state index is 0.0955. The summed E-state index contributed by atoms with van der Waals surface area (Å²) in [6.07, 6.45) is 6.22. The highest BCUT2D eigenvalue weighted by molar-refractivity contribution is 6.78. The van der Waals surface area contributed by atoms with Gasteiger partial charge in [-0.25, -0.2) is 0 Å². The van der Waals surface area contributed by atoms with Gasteiger partial charge in [0.15, 0.2) is 5.78 Å². The summed E-state index contributed by atoms with van der Waals surface area (Å²) < 4.78 is 12.9. The van der Waals surface area contributed by atoms with Crippen LogP contribution in [0.2, 0.25) is 16.6 Å². The van der Waals surface area contributed by atoms with Crippen LogP contribution < -0.4 is 9.16 Å². The molecule has 5 heteroatoms. The minimum Gasteiger partial charge on any atom is -0.543 e. The first-order chi connectivity index (χ1) is 21.6. The van der Waals surface area contributed by atoms with Crippen LogP contribution in [0.5, 0.6) is 11.5 Å². The SMILES string of the molecule is CC/C(=C(/c1ccc(OCC(=O)CCCCCCCO)cc1)c1ccc(O[Si](C(C)C)(C(C)C)C(C)C)cc1)c1ccccc1. The predicted octanol–water partition coefficient (Wildman–Crippen LogP) is 10.9. The zero-order chi connectivity index (χ0) is 32.8. The lowest BCUT2D eigenvalue weighted by atomic mass is 9.88. The smallest absolute Gasteiger partial charge is 0.258 e. The van der Waals surface area contributed by atoms with Gasteiger partial charge in [-0.15, -0.1) is 0 Å². The Kier molecular flexibility index (Phi) is 14.6. The summed E-state index contributed by atoms with van der Waals surface area (Å²) in [6.45, 7) is 16.5. The first-order valence-electron chi connectivity index (χ1n) is 17.1. The van der Waals surface area contributed by atoms with Gasteiger partial charge in [-0.2, -0.15) is 0 Å². The molecule has 0 aliphatic heterocycles. The van der Waals surface area contributed by atoms with E-state index in [1.165, 1.54) is 16.7 Å². The van der Waals surface area contributed by atoms with Crippen LogP contribution >= 0.6 is 0 Å². The van der Waals surface area contributed by atoms with E-state index >= 15 is 0 Å². The highest BCUT2D eigenvalue weighted by atomic mass is 28.4. The molecule has 0 radical (unpaired) electrons. The van der Waals surface area contributed by atoms with Crippen molar-refractivity contribution in [2.45, 2.75) is 110 Å². The number of hydrogen-bond donors (Lipinski definition) is 1. The van der Waals surface area contributed by atoms with Gasteiger partial charge in [0.1, 0.15) is 18.1 Å². The summed E-state index contributed by atoms with van der Waals surface area (Å²) in [7, 11) is -2.05. The molecule has 0 heterocycles. The fourth-order valence-corrected chi connectivity index (χ4v) is 12.1. The van der Waals surface area contributed by atoms with Crippen molar-refractivity contribution in [3.63, 3.8) is 0 Å². The van der Waals surface area contributed by atoms with Gasteiger partial charge in [-0.1, -0.05) is 122 Å². The average molecular weight is 629 g/mol. The second-order valence-corrected chi connectivity index (χ2v) is 18.5. The molecule has 0 bridgehead atoms. The van der Waals surface area contributed by atoms with Crippen LogP contribution in [-0.4, -0.2) is 32.4 Å². The van der Waals surface area contributed by atoms with E-state index in [1.807, 2.05) is 12.1 Å². The third-order valence-corrected chi connectivity index (χ3v) is 15.1. The molecule has 0 spiro atoms. The molecule has 0 unspecified atom stereocenters. The first kappa shape index (κ1) is 36.3. The Bertz CT molecular complexity index is 1300. The van der Waals surface area contributed by atoms with Gasteiger partial charge in [0, 0.05) is 13.0 Å². The maximum Gasteiger partial charge on any atom is 0.258 e.